The Morgan fingerprint density at radius 2 is 1.69 bits per heavy atom. The molecule has 3 rings (SSSR count). The van der Waals surface area contributed by atoms with Gasteiger partial charge in [-0.25, -0.2) is 4.39 Å². The summed E-state index contributed by atoms with van der Waals surface area (Å²) in [5.41, 5.74) is 1.04. The van der Waals surface area contributed by atoms with Crippen LogP contribution in [0.5, 0.6) is 0 Å². The van der Waals surface area contributed by atoms with Crippen LogP contribution in [0.3, 0.4) is 0 Å². The van der Waals surface area contributed by atoms with E-state index in [9.17, 15) is 22.1 Å². The molecule has 200 valence electrons. The monoisotopic (exact) mass is 547 g/mol. The van der Waals surface area contributed by atoms with Gasteiger partial charge in [-0.1, -0.05) is 37.5 Å². The van der Waals surface area contributed by atoms with Gasteiger partial charge in [0.15, 0.2) is 0 Å². The first kappa shape index (κ1) is 29.2. The molecule has 0 spiro atoms. The molecule has 1 aliphatic rings. The first-order valence-corrected chi connectivity index (χ1v) is 15.1. The molecular formula is C26H34F4NO3PS. The number of alkyl halides is 3. The summed E-state index contributed by atoms with van der Waals surface area (Å²) in [7, 11) is -4.06. The van der Waals surface area contributed by atoms with Crippen LogP contribution >= 0.6 is 19.4 Å². The Kier molecular flexibility index (Phi) is 10.5. The van der Waals surface area contributed by atoms with Crippen molar-refractivity contribution in [3.8, 4) is 0 Å². The quantitative estimate of drug-likeness (QED) is 0.106. The van der Waals surface area contributed by atoms with Gasteiger partial charge in [0.05, 0.1) is 11.7 Å². The van der Waals surface area contributed by atoms with Crippen molar-refractivity contribution in [1.29, 1.82) is 0 Å². The van der Waals surface area contributed by atoms with Gasteiger partial charge in [0.1, 0.15) is 5.82 Å². The second kappa shape index (κ2) is 12.9. The fourth-order valence-electron chi connectivity index (χ4n) is 4.96. The second-order valence-corrected chi connectivity index (χ2v) is 12.5. The van der Waals surface area contributed by atoms with Crippen LogP contribution in [0.25, 0.3) is 0 Å². The van der Waals surface area contributed by atoms with E-state index >= 15 is 0 Å². The Balaban J connectivity index is 1.51. The van der Waals surface area contributed by atoms with Gasteiger partial charge in [-0.2, -0.15) is 13.2 Å². The molecule has 0 unspecified atom stereocenters. The van der Waals surface area contributed by atoms with Crippen LogP contribution in [0.1, 0.15) is 68.1 Å². The largest absolute Gasteiger partial charge is 0.417 e. The van der Waals surface area contributed by atoms with Crippen molar-refractivity contribution in [2.24, 2.45) is 0 Å². The molecule has 2 aromatic carbocycles. The minimum atomic E-state index is -4.46. The van der Waals surface area contributed by atoms with Crippen LogP contribution in [0.4, 0.5) is 17.6 Å². The van der Waals surface area contributed by atoms with E-state index in [4.69, 9.17) is 9.79 Å². The van der Waals surface area contributed by atoms with Gasteiger partial charge in [-0.05, 0) is 85.2 Å². The molecule has 1 fully saturated rings. The van der Waals surface area contributed by atoms with Gasteiger partial charge in [-0.15, -0.1) is 11.8 Å². The predicted octanol–water partition coefficient (Wildman–Crippen LogP) is 7.28. The van der Waals surface area contributed by atoms with Crippen LogP contribution in [0, 0.1) is 5.82 Å². The normalized spacial score (nSPS) is 15.9. The third-order valence-electron chi connectivity index (χ3n) is 6.81. The molecule has 0 heterocycles. The third-order valence-corrected chi connectivity index (χ3v) is 8.86. The molecule has 4 nitrogen and oxygen atoms in total. The SMILES string of the molecule is O=P(O)(O)CCCNCc1ccc(SCCCCC2(c3ccc(F)cc3)CCCC2)c(C(F)(F)F)c1. The minimum absolute atomic E-state index is 0.0510. The molecule has 0 radical (unpaired) electrons. The fourth-order valence-corrected chi connectivity index (χ4v) is 6.60. The van der Waals surface area contributed by atoms with Crippen molar-refractivity contribution in [1.82, 2.24) is 5.32 Å². The number of hydrogen-bond donors (Lipinski definition) is 3. The highest BCUT2D eigenvalue weighted by Gasteiger charge is 2.35. The van der Waals surface area contributed by atoms with Crippen LogP contribution in [0.2, 0.25) is 0 Å². The lowest BCUT2D eigenvalue weighted by Crippen LogP contribution is -2.22. The topological polar surface area (TPSA) is 69.6 Å². The summed E-state index contributed by atoms with van der Waals surface area (Å²) in [5.74, 6) is 0.341. The number of halogens is 4. The molecule has 0 aliphatic heterocycles. The first-order valence-electron chi connectivity index (χ1n) is 12.3. The van der Waals surface area contributed by atoms with Crippen LogP contribution in [-0.2, 0) is 22.7 Å². The van der Waals surface area contributed by atoms with Crippen molar-refractivity contribution in [3.63, 3.8) is 0 Å². The van der Waals surface area contributed by atoms with E-state index in [0.717, 1.165) is 51.0 Å². The Morgan fingerprint density at radius 1 is 1.00 bits per heavy atom. The van der Waals surface area contributed by atoms with Gasteiger partial charge in [0, 0.05) is 11.4 Å². The number of unbranched alkanes of at least 4 members (excludes halogenated alkanes) is 1. The van der Waals surface area contributed by atoms with E-state index < -0.39 is 19.3 Å². The molecule has 1 saturated carbocycles. The average Bonchev–Trinajstić information content (AvgIpc) is 3.28. The van der Waals surface area contributed by atoms with Crippen molar-refractivity contribution in [2.45, 2.75) is 74.4 Å². The van der Waals surface area contributed by atoms with Crippen molar-refractivity contribution in [2.75, 3.05) is 18.5 Å². The smallest absolute Gasteiger partial charge is 0.324 e. The highest BCUT2D eigenvalue weighted by Crippen LogP contribution is 2.45. The van der Waals surface area contributed by atoms with E-state index in [1.165, 1.54) is 35.5 Å². The molecule has 0 saturated heterocycles. The summed E-state index contributed by atoms with van der Waals surface area (Å²) < 4.78 is 65.3. The standard InChI is InChI=1S/C26H34F4NO3PS/c27-22-9-7-21(8-10-22)25(12-1-2-13-25)14-3-4-17-36-24-11-6-20(18-23(24)26(28,29)30)19-31-15-5-16-35(32,33)34/h6-11,18,31H,1-5,12-17,19H2,(H2,32,33,34). The number of thioether (sulfide) groups is 1. The van der Waals surface area contributed by atoms with E-state index in [0.29, 0.717) is 17.9 Å². The molecule has 0 atom stereocenters. The van der Waals surface area contributed by atoms with Crippen molar-refractivity contribution >= 4 is 19.4 Å². The summed E-state index contributed by atoms with van der Waals surface area (Å²) in [4.78, 5) is 17.9. The number of rotatable bonds is 13. The van der Waals surface area contributed by atoms with Crippen LogP contribution < -0.4 is 5.32 Å². The van der Waals surface area contributed by atoms with Crippen molar-refractivity contribution in [3.05, 3.63) is 65.0 Å². The number of nitrogens with one attached hydrogen (secondary N) is 1. The lowest BCUT2D eigenvalue weighted by molar-refractivity contribution is -0.139. The predicted molar refractivity (Wildman–Crippen MR) is 136 cm³/mol. The molecular weight excluding hydrogens is 513 g/mol. The fraction of sp³-hybridized carbons (Fsp3) is 0.538. The van der Waals surface area contributed by atoms with Gasteiger partial charge in [-0.3, -0.25) is 4.57 Å². The van der Waals surface area contributed by atoms with Crippen LogP contribution in [-0.4, -0.2) is 28.2 Å². The number of benzene rings is 2. The zero-order valence-electron chi connectivity index (χ0n) is 20.2. The first-order chi connectivity index (χ1) is 17.0. The molecule has 1 aliphatic carbocycles. The Labute approximate surface area is 214 Å². The Hall–Kier alpha value is -1.38. The summed E-state index contributed by atoms with van der Waals surface area (Å²) in [5, 5.41) is 2.94. The maximum atomic E-state index is 13.7. The molecule has 36 heavy (non-hydrogen) atoms. The van der Waals surface area contributed by atoms with Gasteiger partial charge in [0.2, 0.25) is 0 Å². The molecule has 10 heteroatoms. The zero-order valence-corrected chi connectivity index (χ0v) is 21.9. The molecule has 3 N–H and O–H groups in total. The summed E-state index contributed by atoms with van der Waals surface area (Å²) in [6, 6.07) is 11.1. The minimum Gasteiger partial charge on any atom is -0.324 e. The lowest BCUT2D eigenvalue weighted by atomic mass is 9.75. The molecule has 2 aromatic rings. The number of hydrogen-bond acceptors (Lipinski definition) is 3. The Bertz CT molecular complexity index is 1020. The summed E-state index contributed by atoms with van der Waals surface area (Å²) in [6.07, 6.45) is 2.61. The van der Waals surface area contributed by atoms with E-state index in [-0.39, 0.29) is 35.3 Å². The van der Waals surface area contributed by atoms with E-state index in [2.05, 4.69) is 5.32 Å². The summed E-state index contributed by atoms with van der Waals surface area (Å²) >= 11 is 1.22. The molecule has 0 amide bonds. The van der Waals surface area contributed by atoms with E-state index in [1.54, 1.807) is 6.07 Å². The third kappa shape index (κ3) is 8.88. The van der Waals surface area contributed by atoms with Gasteiger partial charge >= 0.3 is 13.8 Å². The highest BCUT2D eigenvalue weighted by atomic mass is 32.2. The van der Waals surface area contributed by atoms with Gasteiger partial charge < -0.3 is 15.1 Å². The van der Waals surface area contributed by atoms with Crippen LogP contribution in [0.15, 0.2) is 47.4 Å². The lowest BCUT2D eigenvalue weighted by Gasteiger charge is -2.30. The Morgan fingerprint density at radius 3 is 2.33 bits per heavy atom. The maximum absolute atomic E-state index is 13.7. The molecule has 0 bridgehead atoms. The highest BCUT2D eigenvalue weighted by molar-refractivity contribution is 7.99. The van der Waals surface area contributed by atoms with Crippen molar-refractivity contribution < 1.29 is 31.9 Å². The maximum Gasteiger partial charge on any atom is 0.417 e. The zero-order chi connectivity index (χ0) is 26.2. The average molecular weight is 548 g/mol. The summed E-state index contributed by atoms with van der Waals surface area (Å²) in [6.45, 7) is 0.503. The van der Waals surface area contributed by atoms with Gasteiger partial charge in [0.25, 0.3) is 0 Å². The second-order valence-electron chi connectivity index (χ2n) is 9.55. The molecule has 0 aromatic heterocycles. The van der Waals surface area contributed by atoms with E-state index in [1.807, 2.05) is 12.1 Å².